The van der Waals surface area contributed by atoms with Gasteiger partial charge in [0, 0.05) is 7.05 Å². The Labute approximate surface area is 118 Å². The number of aromatic nitrogens is 2. The van der Waals surface area contributed by atoms with Crippen molar-refractivity contribution >= 4 is 11.0 Å². The maximum atomic E-state index is 5.65. The predicted molar refractivity (Wildman–Crippen MR) is 80.5 cm³/mol. The topological polar surface area (TPSA) is 57.0 Å². The Hall–Kier alpha value is -2.07. The van der Waals surface area contributed by atoms with E-state index in [2.05, 4.69) is 34.7 Å². The lowest BCUT2D eigenvalue weighted by Gasteiger charge is -2.10. The van der Waals surface area contributed by atoms with Crippen LogP contribution < -0.4 is 5.73 Å². The average molecular weight is 269 g/mol. The molecule has 1 atom stereocenters. The first-order chi connectivity index (χ1) is 9.70. The van der Waals surface area contributed by atoms with E-state index >= 15 is 0 Å². The van der Waals surface area contributed by atoms with Crippen LogP contribution in [0, 0.1) is 0 Å². The van der Waals surface area contributed by atoms with Crippen molar-refractivity contribution in [1.29, 1.82) is 0 Å². The molecule has 0 aliphatic heterocycles. The Morgan fingerprint density at radius 1 is 1.35 bits per heavy atom. The molecule has 0 saturated heterocycles. The molecular weight excluding hydrogens is 250 g/mol. The Morgan fingerprint density at radius 2 is 2.20 bits per heavy atom. The normalized spacial score (nSPS) is 12.9. The highest BCUT2D eigenvalue weighted by molar-refractivity contribution is 5.80. The Kier molecular flexibility index (Phi) is 3.32. The molecule has 0 radical (unpaired) electrons. The second-order valence-corrected chi connectivity index (χ2v) is 5.20. The van der Waals surface area contributed by atoms with E-state index in [0.29, 0.717) is 12.5 Å². The van der Waals surface area contributed by atoms with Crippen molar-refractivity contribution in [2.24, 2.45) is 12.8 Å². The molecule has 0 amide bonds. The van der Waals surface area contributed by atoms with Crippen LogP contribution in [0.25, 0.3) is 22.6 Å². The van der Waals surface area contributed by atoms with E-state index in [-0.39, 0.29) is 0 Å². The standard InChI is InChI=1S/C16H19N3O/c1-11(7-8-17)12-5-6-13-14(10-12)19(2)16(18-13)15-4-3-9-20-15/h3-6,9-11H,7-8,17H2,1-2H3. The van der Waals surface area contributed by atoms with Crippen molar-refractivity contribution in [3.05, 3.63) is 42.2 Å². The number of nitrogens with two attached hydrogens (primary N) is 1. The number of hydrogen-bond acceptors (Lipinski definition) is 3. The van der Waals surface area contributed by atoms with Gasteiger partial charge in [-0.15, -0.1) is 0 Å². The first kappa shape index (κ1) is 12.9. The molecule has 104 valence electrons. The van der Waals surface area contributed by atoms with E-state index in [1.165, 1.54) is 5.56 Å². The van der Waals surface area contributed by atoms with Crippen LogP contribution in [0.4, 0.5) is 0 Å². The summed E-state index contributed by atoms with van der Waals surface area (Å²) in [4.78, 5) is 4.65. The van der Waals surface area contributed by atoms with Gasteiger partial charge in [-0.3, -0.25) is 0 Å². The van der Waals surface area contributed by atoms with Crippen LogP contribution >= 0.6 is 0 Å². The van der Waals surface area contributed by atoms with Gasteiger partial charge in [-0.05, 0) is 48.7 Å². The second kappa shape index (κ2) is 5.13. The van der Waals surface area contributed by atoms with Crippen LogP contribution in [-0.4, -0.2) is 16.1 Å². The smallest absolute Gasteiger partial charge is 0.176 e. The van der Waals surface area contributed by atoms with Gasteiger partial charge in [0.15, 0.2) is 11.6 Å². The van der Waals surface area contributed by atoms with Crippen molar-refractivity contribution in [3.63, 3.8) is 0 Å². The van der Waals surface area contributed by atoms with Gasteiger partial charge < -0.3 is 14.7 Å². The van der Waals surface area contributed by atoms with Crippen molar-refractivity contribution in [3.8, 4) is 11.6 Å². The molecule has 1 unspecified atom stereocenters. The fourth-order valence-electron chi connectivity index (χ4n) is 2.56. The summed E-state index contributed by atoms with van der Waals surface area (Å²) in [7, 11) is 2.02. The highest BCUT2D eigenvalue weighted by Crippen LogP contribution is 2.27. The SMILES string of the molecule is CC(CCN)c1ccc2nc(-c3ccco3)n(C)c2c1. The minimum Gasteiger partial charge on any atom is -0.461 e. The summed E-state index contributed by atoms with van der Waals surface area (Å²) in [5, 5.41) is 0. The molecule has 0 spiro atoms. The molecule has 4 heteroatoms. The van der Waals surface area contributed by atoms with Crippen molar-refractivity contribution in [2.45, 2.75) is 19.3 Å². The van der Waals surface area contributed by atoms with E-state index in [9.17, 15) is 0 Å². The molecule has 2 aromatic heterocycles. The van der Waals surface area contributed by atoms with Gasteiger partial charge in [-0.25, -0.2) is 4.98 Å². The third kappa shape index (κ3) is 2.12. The maximum Gasteiger partial charge on any atom is 0.176 e. The predicted octanol–water partition coefficient (Wildman–Crippen LogP) is 3.29. The zero-order chi connectivity index (χ0) is 14.1. The molecule has 3 rings (SSSR count). The average Bonchev–Trinajstić information content (AvgIpc) is 3.07. The van der Waals surface area contributed by atoms with Gasteiger partial charge in [-0.1, -0.05) is 13.0 Å². The largest absolute Gasteiger partial charge is 0.461 e. The molecule has 2 heterocycles. The zero-order valence-corrected chi connectivity index (χ0v) is 11.8. The Bertz CT molecular complexity index is 713. The monoisotopic (exact) mass is 269 g/mol. The van der Waals surface area contributed by atoms with Gasteiger partial charge in [0.05, 0.1) is 17.3 Å². The number of fused-ring (bicyclic) bond motifs is 1. The lowest BCUT2D eigenvalue weighted by atomic mass is 9.97. The van der Waals surface area contributed by atoms with Gasteiger partial charge in [0.2, 0.25) is 0 Å². The molecule has 4 nitrogen and oxygen atoms in total. The lowest BCUT2D eigenvalue weighted by molar-refractivity contribution is 0.574. The number of nitrogens with zero attached hydrogens (tertiary/aromatic N) is 2. The number of benzene rings is 1. The third-order valence-corrected chi connectivity index (χ3v) is 3.82. The summed E-state index contributed by atoms with van der Waals surface area (Å²) in [5.74, 6) is 2.11. The maximum absolute atomic E-state index is 5.65. The summed E-state index contributed by atoms with van der Waals surface area (Å²) in [6.07, 6.45) is 2.66. The van der Waals surface area contributed by atoms with Crippen molar-refractivity contribution in [2.75, 3.05) is 6.54 Å². The van der Waals surface area contributed by atoms with E-state index in [1.54, 1.807) is 6.26 Å². The minimum absolute atomic E-state index is 0.464. The molecule has 0 aliphatic rings. The lowest BCUT2D eigenvalue weighted by Crippen LogP contribution is -2.04. The molecule has 0 fully saturated rings. The molecule has 0 bridgehead atoms. The van der Waals surface area contributed by atoms with Crippen molar-refractivity contribution < 1.29 is 4.42 Å². The highest BCUT2D eigenvalue weighted by Gasteiger charge is 2.13. The molecular formula is C16H19N3O. The third-order valence-electron chi connectivity index (χ3n) is 3.82. The molecule has 2 N–H and O–H groups in total. The van der Waals surface area contributed by atoms with Crippen LogP contribution in [0.15, 0.2) is 41.0 Å². The number of furan rings is 1. The second-order valence-electron chi connectivity index (χ2n) is 5.20. The summed E-state index contributed by atoms with van der Waals surface area (Å²) >= 11 is 0. The number of aryl methyl sites for hydroxylation is 1. The zero-order valence-electron chi connectivity index (χ0n) is 11.8. The minimum atomic E-state index is 0.464. The number of rotatable bonds is 4. The van der Waals surface area contributed by atoms with Crippen LogP contribution in [0.1, 0.15) is 24.8 Å². The van der Waals surface area contributed by atoms with Crippen LogP contribution in [-0.2, 0) is 7.05 Å². The van der Waals surface area contributed by atoms with Gasteiger partial charge in [0.25, 0.3) is 0 Å². The van der Waals surface area contributed by atoms with Crippen molar-refractivity contribution in [1.82, 2.24) is 9.55 Å². The van der Waals surface area contributed by atoms with E-state index in [0.717, 1.165) is 29.0 Å². The molecule has 1 aromatic carbocycles. The quantitative estimate of drug-likeness (QED) is 0.790. The first-order valence-electron chi connectivity index (χ1n) is 6.91. The van der Waals surface area contributed by atoms with Crippen LogP contribution in [0.2, 0.25) is 0 Å². The molecule has 0 saturated carbocycles. The summed E-state index contributed by atoms with van der Waals surface area (Å²) in [6, 6.07) is 10.2. The molecule has 20 heavy (non-hydrogen) atoms. The molecule has 3 aromatic rings. The summed E-state index contributed by atoms with van der Waals surface area (Å²) in [5.41, 5.74) is 9.06. The summed E-state index contributed by atoms with van der Waals surface area (Å²) in [6.45, 7) is 2.92. The van der Waals surface area contributed by atoms with Gasteiger partial charge in [0.1, 0.15) is 0 Å². The van der Waals surface area contributed by atoms with Crippen LogP contribution in [0.3, 0.4) is 0 Å². The number of hydrogen-bond donors (Lipinski definition) is 1. The fourth-order valence-corrected chi connectivity index (χ4v) is 2.56. The van der Waals surface area contributed by atoms with Gasteiger partial charge >= 0.3 is 0 Å². The van der Waals surface area contributed by atoms with E-state index in [4.69, 9.17) is 10.2 Å². The highest BCUT2D eigenvalue weighted by atomic mass is 16.3. The first-order valence-corrected chi connectivity index (χ1v) is 6.91. The molecule has 0 aliphatic carbocycles. The fraction of sp³-hybridized carbons (Fsp3) is 0.312. The Balaban J connectivity index is 2.08. The van der Waals surface area contributed by atoms with E-state index < -0.39 is 0 Å². The summed E-state index contributed by atoms with van der Waals surface area (Å²) < 4.78 is 7.52. The number of imidazole rings is 1. The van der Waals surface area contributed by atoms with E-state index in [1.807, 2.05) is 19.2 Å². The van der Waals surface area contributed by atoms with Gasteiger partial charge in [-0.2, -0.15) is 0 Å². The Morgan fingerprint density at radius 3 is 2.90 bits per heavy atom. The van der Waals surface area contributed by atoms with Crippen LogP contribution in [0.5, 0.6) is 0 Å².